The van der Waals surface area contributed by atoms with E-state index in [9.17, 15) is 13.2 Å². The van der Waals surface area contributed by atoms with E-state index in [-0.39, 0.29) is 22.2 Å². The predicted octanol–water partition coefficient (Wildman–Crippen LogP) is 3.34. The van der Waals surface area contributed by atoms with Crippen molar-refractivity contribution in [2.24, 2.45) is 0 Å². The molecule has 2 heterocycles. The van der Waals surface area contributed by atoms with Crippen LogP contribution >= 0.6 is 0 Å². The number of methoxy groups -OCH3 is 2. The third kappa shape index (κ3) is 4.28. The van der Waals surface area contributed by atoms with Crippen molar-refractivity contribution in [1.29, 1.82) is 0 Å². The first-order chi connectivity index (χ1) is 15.4. The highest BCUT2D eigenvalue weighted by Gasteiger charge is 2.20. The van der Waals surface area contributed by atoms with E-state index in [4.69, 9.17) is 9.47 Å². The van der Waals surface area contributed by atoms with Gasteiger partial charge in [-0.05, 0) is 42.0 Å². The van der Waals surface area contributed by atoms with Crippen molar-refractivity contribution < 1.29 is 22.7 Å². The summed E-state index contributed by atoms with van der Waals surface area (Å²) < 4.78 is 36.4. The number of benzene rings is 2. The number of rotatable bonds is 7. The molecule has 4 rings (SSSR count). The maximum atomic E-state index is 13.0. The van der Waals surface area contributed by atoms with Crippen LogP contribution in [-0.2, 0) is 16.4 Å². The minimum atomic E-state index is -3.77. The van der Waals surface area contributed by atoms with Crippen LogP contribution in [-0.4, -0.2) is 38.5 Å². The number of ether oxygens (including phenoxy) is 2. The van der Waals surface area contributed by atoms with E-state index in [0.29, 0.717) is 17.2 Å². The molecule has 0 spiro atoms. The van der Waals surface area contributed by atoms with Crippen molar-refractivity contribution >= 4 is 26.6 Å². The molecule has 0 fully saturated rings. The van der Waals surface area contributed by atoms with Gasteiger partial charge in [0.2, 0.25) is 9.84 Å². The van der Waals surface area contributed by atoms with Crippen molar-refractivity contribution in [3.63, 3.8) is 0 Å². The molecule has 9 heteroatoms. The second-order valence-corrected chi connectivity index (χ2v) is 8.97. The molecule has 0 saturated heterocycles. The molecule has 2 aromatic carbocycles. The zero-order valence-corrected chi connectivity index (χ0v) is 18.3. The molecule has 4 aromatic rings. The minimum Gasteiger partial charge on any atom is -0.497 e. The van der Waals surface area contributed by atoms with Gasteiger partial charge in [0, 0.05) is 35.9 Å². The van der Waals surface area contributed by atoms with Crippen molar-refractivity contribution in [2.45, 2.75) is 16.3 Å². The van der Waals surface area contributed by atoms with Crippen LogP contribution in [0.25, 0.3) is 10.9 Å². The fourth-order valence-electron chi connectivity index (χ4n) is 3.23. The quantitative estimate of drug-likeness (QED) is 0.446. The number of nitrogens with one attached hydrogen (secondary N) is 2. The lowest BCUT2D eigenvalue weighted by Gasteiger charge is -2.10. The van der Waals surface area contributed by atoms with Crippen molar-refractivity contribution in [3.05, 3.63) is 78.2 Å². The largest absolute Gasteiger partial charge is 0.497 e. The van der Waals surface area contributed by atoms with E-state index >= 15 is 0 Å². The number of sulfone groups is 1. The summed E-state index contributed by atoms with van der Waals surface area (Å²) in [7, 11) is -0.850. The molecule has 2 aromatic heterocycles. The van der Waals surface area contributed by atoms with Gasteiger partial charge in [-0.1, -0.05) is 12.1 Å². The molecule has 8 nitrogen and oxygen atoms in total. The van der Waals surface area contributed by atoms with Crippen molar-refractivity contribution in [1.82, 2.24) is 15.3 Å². The normalized spacial score (nSPS) is 11.3. The number of H-pyrrole nitrogens is 1. The lowest BCUT2D eigenvalue weighted by atomic mass is 10.2. The van der Waals surface area contributed by atoms with Crippen molar-refractivity contribution in [2.75, 3.05) is 14.2 Å². The Bertz CT molecular complexity index is 1320. The van der Waals surface area contributed by atoms with Gasteiger partial charge in [0.25, 0.3) is 5.91 Å². The Morgan fingerprint density at radius 3 is 2.28 bits per heavy atom. The number of pyridine rings is 1. The number of carbonyl (C=O) groups is 1. The Hall–Kier alpha value is -3.85. The summed E-state index contributed by atoms with van der Waals surface area (Å²) in [5.74, 6) is 0.506. The number of amides is 1. The lowest BCUT2D eigenvalue weighted by Crippen LogP contribution is -2.23. The molecule has 0 unspecified atom stereocenters. The summed E-state index contributed by atoms with van der Waals surface area (Å²) in [4.78, 5) is 19.7. The summed E-state index contributed by atoms with van der Waals surface area (Å²) in [6.45, 7) is 0.250. The summed E-state index contributed by atoms with van der Waals surface area (Å²) in [6.07, 6.45) is 3.33. The Balaban J connectivity index is 1.48. The first-order valence-electron chi connectivity index (χ1n) is 9.69. The third-order valence-electron chi connectivity index (χ3n) is 4.99. The van der Waals surface area contributed by atoms with Crippen LogP contribution in [0.1, 0.15) is 16.1 Å². The fourth-order valence-corrected chi connectivity index (χ4v) is 4.54. The molecule has 2 N–H and O–H groups in total. The molecule has 0 bridgehead atoms. The lowest BCUT2D eigenvalue weighted by molar-refractivity contribution is 0.0946. The van der Waals surface area contributed by atoms with Gasteiger partial charge >= 0.3 is 0 Å². The predicted molar refractivity (Wildman–Crippen MR) is 119 cm³/mol. The van der Waals surface area contributed by atoms with Gasteiger partial charge in [-0.3, -0.25) is 9.78 Å². The molecular formula is C23H21N3O5S. The highest BCUT2D eigenvalue weighted by molar-refractivity contribution is 7.91. The number of nitrogens with zero attached hydrogens (tertiary/aromatic N) is 1. The van der Waals surface area contributed by atoms with Crippen LogP contribution in [0.2, 0.25) is 0 Å². The Kier molecular flexibility index (Phi) is 5.83. The Labute approximate surface area is 185 Å². The molecule has 164 valence electrons. The van der Waals surface area contributed by atoms with E-state index in [1.54, 1.807) is 42.7 Å². The van der Waals surface area contributed by atoms with E-state index in [1.807, 2.05) is 0 Å². The van der Waals surface area contributed by atoms with Crippen LogP contribution in [0.5, 0.6) is 11.5 Å². The molecule has 32 heavy (non-hydrogen) atoms. The van der Waals surface area contributed by atoms with Gasteiger partial charge in [0.05, 0.1) is 24.0 Å². The molecule has 0 radical (unpaired) electrons. The standard InChI is InChI=1S/C23H21N3O5S/c1-30-17-10-18(31-2)12-20(11-17)32(28,29)19-5-3-15(4-6-19)13-25-23(27)22-9-16-14-24-8-7-21(16)26-22/h3-12,14,26H,13H2,1-2H3,(H,25,27). The van der Waals surface area contributed by atoms with Gasteiger partial charge in [0.1, 0.15) is 17.2 Å². The molecule has 0 aliphatic carbocycles. The second-order valence-electron chi connectivity index (χ2n) is 7.02. The molecule has 0 saturated carbocycles. The number of hydrogen-bond acceptors (Lipinski definition) is 6. The van der Waals surface area contributed by atoms with Gasteiger partial charge in [-0.15, -0.1) is 0 Å². The van der Waals surface area contributed by atoms with Gasteiger partial charge < -0.3 is 19.8 Å². The van der Waals surface area contributed by atoms with Crippen LogP contribution in [0.3, 0.4) is 0 Å². The maximum absolute atomic E-state index is 13.0. The maximum Gasteiger partial charge on any atom is 0.267 e. The number of aromatic nitrogens is 2. The summed E-state index contributed by atoms with van der Waals surface area (Å²) in [5.41, 5.74) is 2.02. The van der Waals surface area contributed by atoms with E-state index in [0.717, 1.165) is 16.5 Å². The first kappa shape index (κ1) is 21.4. The average molecular weight is 452 g/mol. The zero-order chi connectivity index (χ0) is 22.7. The van der Waals surface area contributed by atoms with E-state index in [1.165, 1.54) is 38.5 Å². The van der Waals surface area contributed by atoms with E-state index < -0.39 is 9.84 Å². The highest BCUT2D eigenvalue weighted by atomic mass is 32.2. The van der Waals surface area contributed by atoms with Crippen molar-refractivity contribution in [3.8, 4) is 11.5 Å². The zero-order valence-electron chi connectivity index (χ0n) is 17.5. The monoisotopic (exact) mass is 451 g/mol. The van der Waals surface area contributed by atoms with Crippen LogP contribution in [0.15, 0.2) is 76.8 Å². The molecule has 0 atom stereocenters. The SMILES string of the molecule is COc1cc(OC)cc(S(=O)(=O)c2ccc(CNC(=O)c3cc4cnccc4[nH]3)cc2)c1. The summed E-state index contributed by atoms with van der Waals surface area (Å²) >= 11 is 0. The van der Waals surface area contributed by atoms with Gasteiger partial charge in [-0.2, -0.15) is 0 Å². The molecule has 0 aliphatic rings. The first-order valence-corrected chi connectivity index (χ1v) is 11.2. The second kappa shape index (κ2) is 8.72. The highest BCUT2D eigenvalue weighted by Crippen LogP contribution is 2.29. The Morgan fingerprint density at radius 1 is 0.969 bits per heavy atom. The number of carbonyl (C=O) groups excluding carboxylic acids is 1. The average Bonchev–Trinajstić information content (AvgIpc) is 3.27. The summed E-state index contributed by atoms with van der Waals surface area (Å²) in [5, 5.41) is 3.67. The molecule has 0 aliphatic heterocycles. The fraction of sp³-hybridized carbons (Fsp3) is 0.130. The van der Waals surface area contributed by atoms with Crippen LogP contribution in [0, 0.1) is 0 Å². The number of aromatic amines is 1. The Morgan fingerprint density at radius 2 is 1.66 bits per heavy atom. The topological polar surface area (TPSA) is 110 Å². The molecule has 1 amide bonds. The van der Waals surface area contributed by atoms with Crippen LogP contribution < -0.4 is 14.8 Å². The minimum absolute atomic E-state index is 0.0723. The van der Waals surface area contributed by atoms with E-state index in [2.05, 4.69) is 15.3 Å². The smallest absolute Gasteiger partial charge is 0.267 e. The van der Waals surface area contributed by atoms with Crippen LogP contribution in [0.4, 0.5) is 0 Å². The van der Waals surface area contributed by atoms with Gasteiger partial charge in [-0.25, -0.2) is 8.42 Å². The third-order valence-corrected chi connectivity index (χ3v) is 6.74. The number of fused-ring (bicyclic) bond motifs is 1. The number of hydrogen-bond donors (Lipinski definition) is 2. The van der Waals surface area contributed by atoms with Gasteiger partial charge in [0.15, 0.2) is 0 Å². The summed E-state index contributed by atoms with van der Waals surface area (Å²) in [6, 6.07) is 14.4. The molecular weight excluding hydrogens is 430 g/mol.